The van der Waals surface area contributed by atoms with Crippen LogP contribution >= 0.6 is 0 Å². The molecule has 0 unspecified atom stereocenters. The fraction of sp³-hybridized carbons (Fsp3) is 0.417. The lowest BCUT2D eigenvalue weighted by atomic mass is 9.98. The lowest BCUT2D eigenvalue weighted by Crippen LogP contribution is -2.55. The molecule has 0 aromatic rings. The number of rotatable bonds is 6. The van der Waals surface area contributed by atoms with Gasteiger partial charge in [0.2, 0.25) is 0 Å². The van der Waals surface area contributed by atoms with Crippen LogP contribution in [0.15, 0.2) is 29.2 Å². The average molecular weight is 282 g/mol. The standard InChI is InChI=1S/C12H18N4O4/c1-8(14-2)15-6-9(5-13)10(17)16-12(11(18)19)3-4-20-7-12/h5-6,14H,1,3-4,7,13H2,2H3,(H,16,17)(H,18,19)/b9-5+,15-6-/t12-/m0/s1. The van der Waals surface area contributed by atoms with Crippen molar-refractivity contribution in [3.05, 3.63) is 24.2 Å². The number of carboxylic acids is 1. The summed E-state index contributed by atoms with van der Waals surface area (Å²) in [5.74, 6) is -1.43. The van der Waals surface area contributed by atoms with Crippen molar-refractivity contribution in [2.24, 2.45) is 10.7 Å². The molecule has 1 amide bonds. The zero-order chi connectivity index (χ0) is 15.2. The molecule has 1 atom stereocenters. The third-order valence-corrected chi connectivity index (χ3v) is 2.87. The molecule has 1 aliphatic rings. The average Bonchev–Trinajstić information content (AvgIpc) is 2.88. The van der Waals surface area contributed by atoms with Gasteiger partial charge < -0.3 is 26.2 Å². The molecule has 8 nitrogen and oxygen atoms in total. The van der Waals surface area contributed by atoms with E-state index < -0.39 is 17.4 Å². The molecule has 8 heteroatoms. The Bertz CT molecular complexity index is 464. The fourth-order valence-corrected chi connectivity index (χ4v) is 1.56. The third kappa shape index (κ3) is 3.58. The molecule has 5 N–H and O–H groups in total. The number of nitrogens with zero attached hydrogens (tertiary/aromatic N) is 1. The molecule has 0 radical (unpaired) electrons. The van der Waals surface area contributed by atoms with E-state index in [0.29, 0.717) is 5.82 Å². The van der Waals surface area contributed by atoms with E-state index in [1.807, 2.05) is 0 Å². The van der Waals surface area contributed by atoms with Gasteiger partial charge in [-0.3, -0.25) is 4.79 Å². The summed E-state index contributed by atoms with van der Waals surface area (Å²) in [6.07, 6.45) is 2.46. The van der Waals surface area contributed by atoms with Crippen molar-refractivity contribution in [3.63, 3.8) is 0 Å². The van der Waals surface area contributed by atoms with Crippen LogP contribution in [0.5, 0.6) is 0 Å². The second kappa shape index (κ2) is 6.71. The van der Waals surface area contributed by atoms with Crippen LogP contribution in [0.1, 0.15) is 6.42 Å². The molecule has 20 heavy (non-hydrogen) atoms. The van der Waals surface area contributed by atoms with Crippen molar-refractivity contribution in [2.75, 3.05) is 20.3 Å². The summed E-state index contributed by atoms with van der Waals surface area (Å²) < 4.78 is 5.05. The number of aliphatic imine (C=N–C) groups is 1. The molecule has 1 rings (SSSR count). The van der Waals surface area contributed by atoms with Gasteiger partial charge in [0.15, 0.2) is 5.54 Å². The number of ether oxygens (including phenoxy) is 1. The molecule has 1 aliphatic heterocycles. The van der Waals surface area contributed by atoms with Gasteiger partial charge in [0.1, 0.15) is 5.82 Å². The van der Waals surface area contributed by atoms with Crippen molar-refractivity contribution in [2.45, 2.75) is 12.0 Å². The molecule has 0 bridgehead atoms. The van der Waals surface area contributed by atoms with Gasteiger partial charge in [-0.05, 0) is 0 Å². The Morgan fingerprint density at radius 1 is 1.55 bits per heavy atom. The molecular weight excluding hydrogens is 264 g/mol. The maximum Gasteiger partial charge on any atom is 0.331 e. The molecular formula is C12H18N4O4. The highest BCUT2D eigenvalue weighted by molar-refractivity contribution is 6.13. The zero-order valence-corrected chi connectivity index (χ0v) is 11.2. The van der Waals surface area contributed by atoms with Crippen LogP contribution < -0.4 is 16.4 Å². The molecule has 1 saturated heterocycles. The van der Waals surface area contributed by atoms with Gasteiger partial charge in [-0.25, -0.2) is 9.79 Å². The Hall–Kier alpha value is -2.35. The van der Waals surface area contributed by atoms with Crippen LogP contribution in [0, 0.1) is 0 Å². The highest BCUT2D eigenvalue weighted by atomic mass is 16.5. The highest BCUT2D eigenvalue weighted by Crippen LogP contribution is 2.19. The summed E-state index contributed by atoms with van der Waals surface area (Å²) in [5.41, 5.74) is 3.97. The van der Waals surface area contributed by atoms with Gasteiger partial charge in [-0.15, -0.1) is 0 Å². The number of nitrogens with two attached hydrogens (primary N) is 1. The van der Waals surface area contributed by atoms with Crippen LogP contribution in [0.3, 0.4) is 0 Å². The summed E-state index contributed by atoms with van der Waals surface area (Å²) in [5, 5.41) is 14.3. The Balaban J connectivity index is 2.80. The minimum atomic E-state index is -1.42. The Morgan fingerprint density at radius 2 is 2.25 bits per heavy atom. The number of nitrogens with one attached hydrogen (secondary N) is 2. The second-order valence-electron chi connectivity index (χ2n) is 4.22. The van der Waals surface area contributed by atoms with Crippen molar-refractivity contribution in [1.82, 2.24) is 10.6 Å². The van der Waals surface area contributed by atoms with Gasteiger partial charge in [-0.2, -0.15) is 0 Å². The van der Waals surface area contributed by atoms with Crippen molar-refractivity contribution >= 4 is 18.1 Å². The van der Waals surface area contributed by atoms with E-state index >= 15 is 0 Å². The molecule has 1 fully saturated rings. The molecule has 0 aromatic heterocycles. The first kappa shape index (κ1) is 15.7. The normalized spacial score (nSPS) is 22.8. The monoisotopic (exact) mass is 282 g/mol. The summed E-state index contributed by atoms with van der Waals surface area (Å²) in [4.78, 5) is 27.2. The number of carbonyl (C=O) groups excluding carboxylic acids is 1. The second-order valence-corrected chi connectivity index (χ2v) is 4.22. The maximum absolute atomic E-state index is 12.0. The van der Waals surface area contributed by atoms with E-state index in [0.717, 1.165) is 6.20 Å². The van der Waals surface area contributed by atoms with E-state index in [4.69, 9.17) is 10.5 Å². The molecule has 1 heterocycles. The Morgan fingerprint density at radius 3 is 2.70 bits per heavy atom. The maximum atomic E-state index is 12.0. The number of carbonyl (C=O) groups is 2. The first-order valence-electron chi connectivity index (χ1n) is 5.91. The Labute approximate surface area is 116 Å². The Kier molecular flexibility index (Phi) is 5.27. The first-order chi connectivity index (χ1) is 9.45. The van der Waals surface area contributed by atoms with Gasteiger partial charge in [0.25, 0.3) is 5.91 Å². The van der Waals surface area contributed by atoms with Gasteiger partial charge in [-0.1, -0.05) is 6.58 Å². The summed E-state index contributed by atoms with van der Waals surface area (Å²) in [6, 6.07) is 0. The zero-order valence-electron chi connectivity index (χ0n) is 11.2. The highest BCUT2D eigenvalue weighted by Gasteiger charge is 2.44. The summed E-state index contributed by atoms with van der Waals surface area (Å²) >= 11 is 0. The lowest BCUT2D eigenvalue weighted by Gasteiger charge is -2.23. The number of carboxylic acid groups (broad SMARTS) is 1. The van der Waals surface area contributed by atoms with Gasteiger partial charge in [0.05, 0.1) is 12.2 Å². The van der Waals surface area contributed by atoms with Crippen molar-refractivity contribution in [1.29, 1.82) is 0 Å². The van der Waals surface area contributed by atoms with Crippen LogP contribution in [0.2, 0.25) is 0 Å². The first-order valence-corrected chi connectivity index (χ1v) is 5.91. The molecule has 110 valence electrons. The molecule has 0 aliphatic carbocycles. The minimum Gasteiger partial charge on any atom is -0.479 e. The van der Waals surface area contributed by atoms with E-state index in [9.17, 15) is 14.7 Å². The lowest BCUT2D eigenvalue weighted by molar-refractivity contribution is -0.147. The molecule has 0 aromatic carbocycles. The van der Waals surface area contributed by atoms with Gasteiger partial charge >= 0.3 is 5.97 Å². The molecule has 0 saturated carbocycles. The SMILES string of the molecule is C=C(/N=C\C(=C/N)C(=O)N[C@@]1(C(=O)O)CCOC1)NC. The van der Waals surface area contributed by atoms with E-state index in [2.05, 4.69) is 22.2 Å². The van der Waals surface area contributed by atoms with Crippen molar-refractivity contribution in [3.8, 4) is 0 Å². The minimum absolute atomic E-state index is 0.0360. The predicted molar refractivity (Wildman–Crippen MR) is 72.9 cm³/mol. The van der Waals surface area contributed by atoms with E-state index in [1.54, 1.807) is 7.05 Å². The van der Waals surface area contributed by atoms with E-state index in [-0.39, 0.29) is 25.2 Å². The summed E-state index contributed by atoms with van der Waals surface area (Å²) in [6.45, 7) is 3.76. The number of aliphatic carboxylic acids is 1. The van der Waals surface area contributed by atoms with Crippen LogP contribution in [-0.2, 0) is 14.3 Å². The van der Waals surface area contributed by atoms with Gasteiger partial charge in [0, 0.05) is 32.5 Å². The smallest absolute Gasteiger partial charge is 0.331 e. The van der Waals surface area contributed by atoms with Crippen LogP contribution in [0.25, 0.3) is 0 Å². The summed E-state index contributed by atoms with van der Waals surface area (Å²) in [7, 11) is 1.63. The molecule has 0 spiro atoms. The largest absolute Gasteiger partial charge is 0.479 e. The number of amides is 1. The number of hydrogen-bond donors (Lipinski definition) is 4. The van der Waals surface area contributed by atoms with Crippen LogP contribution in [0.4, 0.5) is 0 Å². The topological polar surface area (TPSA) is 126 Å². The number of hydrogen-bond acceptors (Lipinski definition) is 6. The quantitative estimate of drug-likeness (QED) is 0.364. The van der Waals surface area contributed by atoms with Crippen LogP contribution in [-0.4, -0.2) is 49.0 Å². The predicted octanol–water partition coefficient (Wildman–Crippen LogP) is -1.05. The fourth-order valence-electron chi connectivity index (χ4n) is 1.56. The third-order valence-electron chi connectivity index (χ3n) is 2.87. The van der Waals surface area contributed by atoms with Crippen molar-refractivity contribution < 1.29 is 19.4 Å². The van der Waals surface area contributed by atoms with E-state index in [1.165, 1.54) is 6.21 Å².